The lowest BCUT2D eigenvalue weighted by atomic mass is 9.67. The van der Waals surface area contributed by atoms with E-state index in [-0.39, 0.29) is 0 Å². The lowest BCUT2D eigenvalue weighted by molar-refractivity contribution is 0.123. The fraction of sp³-hybridized carbons (Fsp3) is 1.00. The molecule has 0 aromatic heterocycles. The van der Waals surface area contributed by atoms with E-state index in [9.17, 15) is 0 Å². The van der Waals surface area contributed by atoms with Crippen LogP contribution in [0.15, 0.2) is 0 Å². The fourth-order valence-corrected chi connectivity index (χ4v) is 5.42. The highest BCUT2D eigenvalue weighted by Gasteiger charge is 2.32. The van der Waals surface area contributed by atoms with Crippen LogP contribution in [0.4, 0.5) is 0 Å². The van der Waals surface area contributed by atoms with Crippen LogP contribution in [-0.4, -0.2) is 3.92 Å². The van der Waals surface area contributed by atoms with Gasteiger partial charge in [0.2, 0.25) is 0 Å². The van der Waals surface area contributed by atoms with Crippen LogP contribution in [-0.2, 0) is 0 Å². The number of hydrogen-bond donors (Lipinski definition) is 0. The Kier molecular flexibility index (Phi) is 7.86. The van der Waals surface area contributed by atoms with Crippen LogP contribution in [0.5, 0.6) is 0 Å². The molecule has 0 saturated heterocycles. The molecule has 21 heavy (non-hydrogen) atoms. The van der Waals surface area contributed by atoms with E-state index >= 15 is 0 Å². The van der Waals surface area contributed by atoms with Crippen molar-refractivity contribution in [1.82, 2.24) is 0 Å². The molecule has 0 aromatic rings. The largest absolute Gasteiger partial charge is 0.0829 e. The smallest absolute Gasteiger partial charge is 0.00814 e. The van der Waals surface area contributed by atoms with Gasteiger partial charge in [0, 0.05) is 3.92 Å². The Balaban J connectivity index is 1.74. The van der Waals surface area contributed by atoms with Gasteiger partial charge in [-0.2, -0.15) is 0 Å². The van der Waals surface area contributed by atoms with Crippen LogP contribution in [0, 0.1) is 29.6 Å². The Morgan fingerprint density at radius 3 is 1.86 bits per heavy atom. The summed E-state index contributed by atoms with van der Waals surface area (Å²) in [6, 6.07) is 0. The van der Waals surface area contributed by atoms with Crippen molar-refractivity contribution in [1.29, 1.82) is 0 Å². The molecule has 2 aliphatic rings. The lowest BCUT2D eigenvalue weighted by Gasteiger charge is -2.39. The minimum atomic E-state index is 0.859. The Bertz CT molecular complexity index is 270. The van der Waals surface area contributed by atoms with Gasteiger partial charge < -0.3 is 0 Å². The van der Waals surface area contributed by atoms with E-state index in [0.29, 0.717) is 0 Å². The minimum absolute atomic E-state index is 0.859. The molecular formula is C20H37I. The first-order chi connectivity index (χ1) is 10.1. The second-order valence-corrected chi connectivity index (χ2v) is 10.3. The van der Waals surface area contributed by atoms with Crippen LogP contribution in [0.25, 0.3) is 0 Å². The normalized spacial score (nSPS) is 37.1. The van der Waals surface area contributed by atoms with Gasteiger partial charge in [0.1, 0.15) is 0 Å². The van der Waals surface area contributed by atoms with Crippen molar-refractivity contribution in [2.24, 2.45) is 29.6 Å². The van der Waals surface area contributed by atoms with Gasteiger partial charge in [0.05, 0.1) is 0 Å². The molecule has 2 unspecified atom stereocenters. The summed E-state index contributed by atoms with van der Waals surface area (Å²) < 4.78 is 0.859. The number of halogens is 1. The third-order valence-corrected chi connectivity index (χ3v) is 7.29. The monoisotopic (exact) mass is 404 g/mol. The summed E-state index contributed by atoms with van der Waals surface area (Å²) in [4.78, 5) is 0. The van der Waals surface area contributed by atoms with Crippen LogP contribution < -0.4 is 0 Å². The highest BCUT2D eigenvalue weighted by molar-refractivity contribution is 14.1. The van der Waals surface area contributed by atoms with E-state index < -0.39 is 0 Å². The summed E-state index contributed by atoms with van der Waals surface area (Å²) in [6.45, 7) is 7.25. The summed E-state index contributed by atoms with van der Waals surface area (Å²) in [5.41, 5.74) is 0. The molecule has 0 spiro atoms. The topological polar surface area (TPSA) is 0 Å². The molecule has 2 rings (SSSR count). The van der Waals surface area contributed by atoms with Gasteiger partial charge >= 0.3 is 0 Å². The van der Waals surface area contributed by atoms with Gasteiger partial charge in [-0.15, -0.1) is 0 Å². The van der Waals surface area contributed by atoms with E-state index in [0.717, 1.165) is 33.5 Å². The zero-order valence-electron chi connectivity index (χ0n) is 14.6. The first-order valence-corrected chi connectivity index (χ1v) is 11.0. The molecule has 0 radical (unpaired) electrons. The molecular weight excluding hydrogens is 367 g/mol. The lowest BCUT2D eigenvalue weighted by Crippen LogP contribution is -2.28. The summed E-state index contributed by atoms with van der Waals surface area (Å²) in [5, 5.41) is 0. The molecule has 2 saturated carbocycles. The molecule has 0 bridgehead atoms. The third-order valence-electron chi connectivity index (χ3n) is 6.67. The van der Waals surface area contributed by atoms with E-state index in [1.165, 1.54) is 32.1 Å². The molecule has 124 valence electrons. The van der Waals surface area contributed by atoms with Crippen LogP contribution >= 0.6 is 22.6 Å². The van der Waals surface area contributed by atoms with Gasteiger partial charge in [-0.3, -0.25) is 0 Å². The van der Waals surface area contributed by atoms with Crippen molar-refractivity contribution < 1.29 is 0 Å². The molecule has 0 aromatic carbocycles. The van der Waals surface area contributed by atoms with E-state index in [2.05, 4.69) is 43.4 Å². The van der Waals surface area contributed by atoms with Crippen molar-refractivity contribution in [2.45, 2.75) is 95.3 Å². The average molecular weight is 404 g/mol. The van der Waals surface area contributed by atoms with Crippen molar-refractivity contribution >= 4 is 22.6 Å². The number of hydrogen-bond acceptors (Lipinski definition) is 0. The van der Waals surface area contributed by atoms with Crippen LogP contribution in [0.1, 0.15) is 91.4 Å². The molecule has 0 heterocycles. The molecule has 2 aliphatic carbocycles. The van der Waals surface area contributed by atoms with Gasteiger partial charge in [0.15, 0.2) is 0 Å². The molecule has 0 aliphatic heterocycles. The third kappa shape index (κ3) is 5.70. The Labute approximate surface area is 147 Å². The van der Waals surface area contributed by atoms with E-state index in [4.69, 9.17) is 0 Å². The molecule has 0 amide bonds. The number of alkyl halides is 1. The van der Waals surface area contributed by atoms with Gasteiger partial charge in [-0.1, -0.05) is 62.6 Å². The van der Waals surface area contributed by atoms with Gasteiger partial charge in [-0.25, -0.2) is 0 Å². The van der Waals surface area contributed by atoms with Crippen molar-refractivity contribution in [3.05, 3.63) is 0 Å². The quantitative estimate of drug-likeness (QED) is 0.323. The first kappa shape index (κ1) is 18.1. The Morgan fingerprint density at radius 2 is 1.38 bits per heavy atom. The highest BCUT2D eigenvalue weighted by atomic mass is 127. The second kappa shape index (κ2) is 9.13. The summed E-state index contributed by atoms with van der Waals surface area (Å²) in [7, 11) is 0. The predicted octanol–water partition coefficient (Wildman–Crippen LogP) is 7.25. The first-order valence-electron chi connectivity index (χ1n) is 9.74. The summed E-state index contributed by atoms with van der Waals surface area (Å²) >= 11 is 2.60. The zero-order chi connectivity index (χ0) is 15.2. The summed E-state index contributed by atoms with van der Waals surface area (Å²) in [5.74, 6) is 5.28. The maximum atomic E-state index is 2.60. The van der Waals surface area contributed by atoms with Crippen molar-refractivity contribution in [2.75, 3.05) is 0 Å². The standard InChI is InChI=1S/C20H37I/c1-4-17(10-7-16(3)21)18-11-13-20(14-12-18)19-8-5-15(2)6-9-19/h15-20H,4-14H2,1-3H3. The van der Waals surface area contributed by atoms with Crippen molar-refractivity contribution in [3.63, 3.8) is 0 Å². The predicted molar refractivity (Wildman–Crippen MR) is 103 cm³/mol. The fourth-order valence-electron chi connectivity index (χ4n) is 5.06. The average Bonchev–Trinajstić information content (AvgIpc) is 2.49. The zero-order valence-corrected chi connectivity index (χ0v) is 16.8. The molecule has 1 heteroatoms. The molecule has 2 atom stereocenters. The minimum Gasteiger partial charge on any atom is -0.0829 e. The van der Waals surface area contributed by atoms with Gasteiger partial charge in [0.25, 0.3) is 0 Å². The van der Waals surface area contributed by atoms with Crippen LogP contribution in [0.2, 0.25) is 0 Å². The molecule has 0 N–H and O–H groups in total. The van der Waals surface area contributed by atoms with Crippen molar-refractivity contribution in [3.8, 4) is 0 Å². The van der Waals surface area contributed by atoms with E-state index in [1.807, 2.05) is 0 Å². The maximum Gasteiger partial charge on any atom is 0.00814 e. The Morgan fingerprint density at radius 1 is 0.857 bits per heavy atom. The molecule has 2 fully saturated rings. The highest BCUT2D eigenvalue weighted by Crippen LogP contribution is 2.44. The number of rotatable bonds is 6. The summed E-state index contributed by atoms with van der Waals surface area (Å²) in [6.07, 6.45) is 16.6. The second-order valence-electron chi connectivity index (χ2n) is 8.22. The Hall–Kier alpha value is 0.730. The van der Waals surface area contributed by atoms with Gasteiger partial charge in [-0.05, 0) is 81.0 Å². The molecule has 0 nitrogen and oxygen atoms in total. The van der Waals surface area contributed by atoms with Crippen LogP contribution in [0.3, 0.4) is 0 Å². The van der Waals surface area contributed by atoms with E-state index in [1.54, 1.807) is 38.5 Å². The SMILES string of the molecule is CCC(CCC(C)I)C1CCC(C2CCC(C)CC2)CC1. The maximum absolute atomic E-state index is 2.60.